The molecule has 0 N–H and O–H groups in total. The van der Waals surface area contributed by atoms with Crippen LogP contribution in [0, 0.1) is 19.8 Å². The predicted octanol–water partition coefficient (Wildman–Crippen LogP) is 1.28. The number of nitrogens with zero attached hydrogens (tertiary/aromatic N) is 3. The molecule has 154 valence electrons. The minimum atomic E-state index is -0.503. The number of hydrogen-bond donors (Lipinski definition) is 0. The van der Waals surface area contributed by atoms with Crippen LogP contribution in [0.5, 0.6) is 5.75 Å². The van der Waals surface area contributed by atoms with Gasteiger partial charge < -0.3 is 24.2 Å². The Bertz CT molecular complexity index is 965. The van der Waals surface area contributed by atoms with Crippen molar-refractivity contribution < 1.29 is 43.8 Å². The molecule has 0 saturated carbocycles. The van der Waals surface area contributed by atoms with Crippen LogP contribution in [0.15, 0.2) is 35.6 Å². The van der Waals surface area contributed by atoms with Crippen LogP contribution in [-0.2, 0) is 15.2 Å². The van der Waals surface area contributed by atoms with E-state index < -0.39 is 5.79 Å². The third kappa shape index (κ3) is 5.58. The number of para-hydroxylation sites is 2. The Morgan fingerprint density at radius 1 is 1.20 bits per heavy atom. The van der Waals surface area contributed by atoms with Crippen molar-refractivity contribution in [2.45, 2.75) is 44.4 Å². The van der Waals surface area contributed by atoms with E-state index >= 15 is 0 Å². The zero-order chi connectivity index (χ0) is 20.4. The molecule has 0 atom stereocenters. The first kappa shape index (κ1) is 23.6. The Kier molecular flexibility index (Phi) is 7.87. The normalized spacial score (nSPS) is 16.4. The van der Waals surface area contributed by atoms with E-state index in [0.717, 1.165) is 38.8 Å². The molecule has 1 fully saturated rings. The van der Waals surface area contributed by atoms with Crippen LogP contribution in [0.25, 0.3) is 11.0 Å². The van der Waals surface area contributed by atoms with Crippen LogP contribution >= 0.6 is 11.8 Å². The molecule has 0 spiro atoms. The molecular weight excluding hydrogens is 409 g/mol. The number of hydrogen-bond acceptors (Lipinski definition) is 6. The summed E-state index contributed by atoms with van der Waals surface area (Å²) in [5.74, 6) is 1.31. The standard InChI is InChI=1S/C22H26N3O3S.Na/c1-14-9-23-19(13-29-21-24-17-7-5-6-8-18(17)25-21)15(2)20(14)26-10-16-11-27-22(3,4)28-12-16;/h5-9,16H,10-13H2,1-4H3;/q-1;+1. The zero-order valence-corrected chi connectivity index (χ0v) is 21.1. The average Bonchev–Trinajstić information content (AvgIpc) is 3.11. The maximum absolute atomic E-state index is 6.18. The topological polar surface area (TPSA) is 67.6 Å². The van der Waals surface area contributed by atoms with E-state index in [1.807, 2.05) is 51.2 Å². The minimum absolute atomic E-state index is 0. The summed E-state index contributed by atoms with van der Waals surface area (Å²) in [7, 11) is 0. The molecule has 2 aromatic heterocycles. The van der Waals surface area contributed by atoms with Gasteiger partial charge in [-0.3, -0.25) is 4.98 Å². The Labute approximate surface area is 203 Å². The van der Waals surface area contributed by atoms with Crippen molar-refractivity contribution in [3.63, 3.8) is 0 Å². The predicted molar refractivity (Wildman–Crippen MR) is 113 cm³/mol. The molecular formula is C22H26N3NaO3S. The third-order valence-electron chi connectivity index (χ3n) is 4.99. The van der Waals surface area contributed by atoms with Gasteiger partial charge in [0.25, 0.3) is 0 Å². The van der Waals surface area contributed by atoms with Crippen LogP contribution < -0.4 is 39.3 Å². The summed E-state index contributed by atoms with van der Waals surface area (Å²) in [5.41, 5.74) is 4.93. The van der Waals surface area contributed by atoms with Crippen LogP contribution in [-0.4, -0.2) is 35.6 Å². The van der Waals surface area contributed by atoms with Crippen LogP contribution in [0.2, 0.25) is 0 Å². The fraction of sp³-hybridized carbons (Fsp3) is 0.455. The number of aromatic nitrogens is 3. The minimum Gasteiger partial charge on any atom is -0.492 e. The van der Waals surface area contributed by atoms with E-state index in [4.69, 9.17) is 14.2 Å². The van der Waals surface area contributed by atoms with Crippen molar-refractivity contribution in [1.29, 1.82) is 0 Å². The molecule has 30 heavy (non-hydrogen) atoms. The van der Waals surface area contributed by atoms with Crippen LogP contribution in [0.4, 0.5) is 0 Å². The Morgan fingerprint density at radius 3 is 2.67 bits per heavy atom. The summed E-state index contributed by atoms with van der Waals surface area (Å²) >= 11 is 1.59. The first-order chi connectivity index (χ1) is 13.9. The molecule has 6 nitrogen and oxygen atoms in total. The second kappa shape index (κ2) is 10.0. The number of pyridine rings is 1. The van der Waals surface area contributed by atoms with Crippen molar-refractivity contribution in [3.05, 3.63) is 47.3 Å². The van der Waals surface area contributed by atoms with E-state index in [1.54, 1.807) is 11.8 Å². The number of ether oxygens (including phenoxy) is 3. The molecule has 3 heterocycles. The van der Waals surface area contributed by atoms with E-state index in [2.05, 4.69) is 21.9 Å². The monoisotopic (exact) mass is 435 g/mol. The molecule has 0 bridgehead atoms. The third-order valence-corrected chi connectivity index (χ3v) is 5.85. The smallest absolute Gasteiger partial charge is 0.492 e. The molecule has 0 radical (unpaired) electrons. The Hall–Kier alpha value is -1.09. The molecule has 1 aromatic carbocycles. The van der Waals surface area contributed by atoms with Gasteiger partial charge in [-0.1, -0.05) is 24.3 Å². The van der Waals surface area contributed by atoms with Crippen molar-refractivity contribution in [2.75, 3.05) is 19.8 Å². The number of thioether (sulfide) groups is 1. The number of fused-ring (bicyclic) bond motifs is 1. The fourth-order valence-electron chi connectivity index (χ4n) is 3.23. The molecule has 1 saturated heterocycles. The van der Waals surface area contributed by atoms with Gasteiger partial charge in [0.05, 0.1) is 25.5 Å². The van der Waals surface area contributed by atoms with Gasteiger partial charge in [-0.25, -0.2) is 0 Å². The number of aryl methyl sites for hydroxylation is 1. The summed E-state index contributed by atoms with van der Waals surface area (Å²) in [6, 6.07) is 7.91. The second-order valence-electron chi connectivity index (χ2n) is 7.82. The Morgan fingerprint density at radius 2 is 1.93 bits per heavy atom. The molecule has 1 aliphatic heterocycles. The van der Waals surface area contributed by atoms with E-state index in [-0.39, 0.29) is 35.5 Å². The summed E-state index contributed by atoms with van der Waals surface area (Å²) in [4.78, 5) is 13.8. The molecule has 3 aromatic rings. The zero-order valence-electron chi connectivity index (χ0n) is 18.3. The Balaban J connectivity index is 0.00000256. The first-order valence-corrected chi connectivity index (χ1v) is 10.8. The van der Waals surface area contributed by atoms with Gasteiger partial charge in [-0.15, -0.1) is 11.8 Å². The van der Waals surface area contributed by atoms with Gasteiger partial charge in [0.2, 0.25) is 0 Å². The molecule has 1 aliphatic rings. The summed E-state index contributed by atoms with van der Waals surface area (Å²) in [5, 5.41) is 0.773. The summed E-state index contributed by atoms with van der Waals surface area (Å²) in [6.45, 7) is 9.79. The number of imidazole rings is 1. The van der Waals surface area contributed by atoms with Gasteiger partial charge in [0.15, 0.2) is 5.79 Å². The van der Waals surface area contributed by atoms with E-state index in [9.17, 15) is 0 Å². The van der Waals surface area contributed by atoms with Gasteiger partial charge in [-0.05, 0) is 43.9 Å². The quantitative estimate of drug-likeness (QED) is 0.427. The molecule has 0 amide bonds. The average molecular weight is 436 g/mol. The molecule has 8 heteroatoms. The van der Waals surface area contributed by atoms with Gasteiger partial charge in [0, 0.05) is 29.0 Å². The number of benzene rings is 1. The maximum atomic E-state index is 6.18. The van der Waals surface area contributed by atoms with Gasteiger partial charge >= 0.3 is 29.6 Å². The summed E-state index contributed by atoms with van der Waals surface area (Å²) < 4.78 is 17.6. The van der Waals surface area contributed by atoms with Crippen LogP contribution in [0.3, 0.4) is 0 Å². The molecule has 0 unspecified atom stereocenters. The van der Waals surface area contributed by atoms with Crippen molar-refractivity contribution in [3.8, 4) is 5.75 Å². The van der Waals surface area contributed by atoms with Crippen molar-refractivity contribution in [2.24, 2.45) is 5.92 Å². The second-order valence-corrected chi connectivity index (χ2v) is 8.77. The number of rotatable bonds is 6. The van der Waals surface area contributed by atoms with Gasteiger partial charge in [-0.2, -0.15) is 0 Å². The van der Waals surface area contributed by atoms with E-state index in [1.165, 1.54) is 0 Å². The van der Waals surface area contributed by atoms with Crippen molar-refractivity contribution in [1.82, 2.24) is 15.0 Å². The van der Waals surface area contributed by atoms with Crippen molar-refractivity contribution >= 4 is 22.8 Å². The maximum Gasteiger partial charge on any atom is 1.00 e. The molecule has 4 rings (SSSR count). The van der Waals surface area contributed by atoms with Gasteiger partial charge in [0.1, 0.15) is 5.75 Å². The SMILES string of the molecule is Cc1cnc(CSc2nc3ccccc3[n-]2)c(C)c1OCC1COC(C)(C)OC1.[Na+]. The summed E-state index contributed by atoms with van der Waals surface area (Å²) in [6.07, 6.45) is 1.87. The fourth-order valence-corrected chi connectivity index (χ4v) is 4.11. The molecule has 0 aliphatic carbocycles. The first-order valence-electron chi connectivity index (χ1n) is 9.79. The van der Waals surface area contributed by atoms with Crippen LogP contribution in [0.1, 0.15) is 30.7 Å². The van der Waals surface area contributed by atoms with E-state index in [0.29, 0.717) is 25.6 Å². The largest absolute Gasteiger partial charge is 1.00 e.